The predicted molar refractivity (Wildman–Crippen MR) is 106 cm³/mol. The molecule has 0 radical (unpaired) electrons. The van der Waals surface area contributed by atoms with Crippen LogP contribution in [-0.2, 0) is 14.6 Å². The summed E-state index contributed by atoms with van der Waals surface area (Å²) in [6, 6.07) is 9.12. The molecule has 3 rings (SSSR count). The van der Waals surface area contributed by atoms with Crippen LogP contribution in [0.25, 0.3) is 0 Å². The number of nitrogens with zero attached hydrogens (tertiary/aromatic N) is 1. The van der Waals surface area contributed by atoms with E-state index in [-0.39, 0.29) is 32.6 Å². The average molecular weight is 419 g/mol. The molecular formula is C19H21N3O6S. The summed E-state index contributed by atoms with van der Waals surface area (Å²) in [5, 5.41) is 14.6. The van der Waals surface area contributed by atoms with Crippen molar-refractivity contribution in [3.63, 3.8) is 0 Å². The average Bonchev–Trinajstić information content (AvgIpc) is 2.72. The van der Waals surface area contributed by atoms with Gasteiger partial charge in [0.05, 0.1) is 26.9 Å². The van der Waals surface area contributed by atoms with Gasteiger partial charge in [-0.15, -0.1) is 0 Å². The van der Waals surface area contributed by atoms with Gasteiger partial charge in [0.1, 0.15) is 5.69 Å². The number of carbonyl (C=O) groups is 1. The molecule has 0 saturated carbocycles. The van der Waals surface area contributed by atoms with Gasteiger partial charge in [0, 0.05) is 19.2 Å². The second-order valence-electron chi connectivity index (χ2n) is 6.76. The zero-order valence-corrected chi connectivity index (χ0v) is 16.4. The highest BCUT2D eigenvalue weighted by Gasteiger charge is 2.27. The Hall–Kier alpha value is -2.98. The minimum Gasteiger partial charge on any atom is -0.381 e. The molecule has 0 bridgehead atoms. The number of benzene rings is 2. The number of primary amides is 1. The highest BCUT2D eigenvalue weighted by Crippen LogP contribution is 2.32. The molecule has 1 amide bonds. The van der Waals surface area contributed by atoms with Crippen LogP contribution in [0, 0.1) is 16.0 Å². The number of rotatable bonds is 7. The van der Waals surface area contributed by atoms with Crippen LogP contribution in [0.4, 0.5) is 11.4 Å². The van der Waals surface area contributed by atoms with E-state index in [0.29, 0.717) is 13.2 Å². The Bertz CT molecular complexity index is 1030. The lowest BCUT2D eigenvalue weighted by molar-refractivity contribution is -0.384. The van der Waals surface area contributed by atoms with Crippen molar-refractivity contribution in [3.8, 4) is 0 Å². The number of nitrogens with two attached hydrogens (primary N) is 1. The molecule has 0 aliphatic carbocycles. The molecule has 1 atom stereocenters. The van der Waals surface area contributed by atoms with E-state index in [1.807, 2.05) is 0 Å². The van der Waals surface area contributed by atoms with Gasteiger partial charge >= 0.3 is 0 Å². The number of anilines is 1. The monoisotopic (exact) mass is 419 g/mol. The first-order chi connectivity index (χ1) is 13.8. The van der Waals surface area contributed by atoms with E-state index in [4.69, 9.17) is 10.5 Å². The van der Waals surface area contributed by atoms with Gasteiger partial charge in [0.25, 0.3) is 5.69 Å². The van der Waals surface area contributed by atoms with Crippen LogP contribution in [0.5, 0.6) is 0 Å². The Morgan fingerprint density at radius 3 is 2.69 bits per heavy atom. The Labute approximate surface area is 167 Å². The van der Waals surface area contributed by atoms with Gasteiger partial charge in [-0.1, -0.05) is 12.1 Å². The van der Waals surface area contributed by atoms with Gasteiger partial charge < -0.3 is 15.8 Å². The fourth-order valence-corrected chi connectivity index (χ4v) is 4.72. The quantitative estimate of drug-likeness (QED) is 0.518. The normalized spacial score (nSPS) is 16.9. The maximum absolute atomic E-state index is 13.0. The number of ether oxygens (including phenoxy) is 1. The molecule has 1 aliphatic heterocycles. The Morgan fingerprint density at radius 1 is 1.28 bits per heavy atom. The molecule has 0 aromatic heterocycles. The Kier molecular flexibility index (Phi) is 6.14. The Balaban J connectivity index is 1.93. The van der Waals surface area contributed by atoms with Gasteiger partial charge in [0.2, 0.25) is 15.7 Å². The van der Waals surface area contributed by atoms with E-state index in [1.165, 1.54) is 36.4 Å². The van der Waals surface area contributed by atoms with E-state index in [0.717, 1.165) is 25.5 Å². The number of nitrogens with one attached hydrogen (secondary N) is 1. The first-order valence-corrected chi connectivity index (χ1v) is 10.5. The summed E-state index contributed by atoms with van der Waals surface area (Å²) in [6.07, 6.45) is 1.89. The molecule has 9 nitrogen and oxygen atoms in total. The Morgan fingerprint density at radius 2 is 2.03 bits per heavy atom. The largest absolute Gasteiger partial charge is 0.381 e. The zero-order chi connectivity index (χ0) is 21.0. The van der Waals surface area contributed by atoms with Gasteiger partial charge in [-0.3, -0.25) is 14.9 Å². The van der Waals surface area contributed by atoms with Crippen molar-refractivity contribution in [1.29, 1.82) is 0 Å². The maximum atomic E-state index is 13.0. The predicted octanol–water partition coefficient (Wildman–Crippen LogP) is 2.37. The highest BCUT2D eigenvalue weighted by atomic mass is 32.2. The number of amides is 1. The van der Waals surface area contributed by atoms with Crippen LogP contribution < -0.4 is 11.1 Å². The first-order valence-electron chi connectivity index (χ1n) is 9.04. The SMILES string of the molecule is NC(=O)c1ccccc1S(=O)(=O)c1ccc(NCC2CCCOC2)c([N+](=O)[O-])c1. The molecule has 1 aliphatic rings. The zero-order valence-electron chi connectivity index (χ0n) is 15.5. The molecule has 1 fully saturated rings. The molecule has 1 unspecified atom stereocenters. The van der Waals surface area contributed by atoms with Gasteiger partial charge in [-0.05, 0) is 43.0 Å². The summed E-state index contributed by atoms with van der Waals surface area (Å²) in [4.78, 5) is 21.9. The van der Waals surface area contributed by atoms with Crippen LogP contribution in [0.3, 0.4) is 0 Å². The second kappa shape index (κ2) is 8.58. The minimum absolute atomic E-state index is 0.172. The van der Waals surface area contributed by atoms with Crippen LogP contribution in [0.15, 0.2) is 52.3 Å². The molecule has 2 aromatic rings. The molecule has 3 N–H and O–H groups in total. The van der Waals surface area contributed by atoms with Crippen LogP contribution in [0.1, 0.15) is 23.2 Å². The summed E-state index contributed by atoms with van der Waals surface area (Å²) >= 11 is 0. The van der Waals surface area contributed by atoms with Gasteiger partial charge in [-0.25, -0.2) is 8.42 Å². The number of carbonyl (C=O) groups excluding carboxylic acids is 1. The van der Waals surface area contributed by atoms with Gasteiger partial charge in [0.15, 0.2) is 0 Å². The molecule has 2 aromatic carbocycles. The first kappa shape index (κ1) is 20.7. The van der Waals surface area contributed by atoms with E-state index in [2.05, 4.69) is 5.32 Å². The number of hydrogen-bond acceptors (Lipinski definition) is 7. The number of nitro groups is 1. The van der Waals surface area contributed by atoms with E-state index in [9.17, 15) is 23.3 Å². The molecule has 29 heavy (non-hydrogen) atoms. The van der Waals surface area contributed by atoms with Crippen LogP contribution >= 0.6 is 0 Å². The highest BCUT2D eigenvalue weighted by molar-refractivity contribution is 7.91. The lowest BCUT2D eigenvalue weighted by atomic mass is 10.0. The number of nitro benzene ring substituents is 1. The molecular weight excluding hydrogens is 398 g/mol. The second-order valence-corrected chi connectivity index (χ2v) is 8.68. The number of sulfone groups is 1. The maximum Gasteiger partial charge on any atom is 0.293 e. The lowest BCUT2D eigenvalue weighted by Crippen LogP contribution is -2.24. The third kappa shape index (κ3) is 4.54. The molecule has 0 spiro atoms. The summed E-state index contributed by atoms with van der Waals surface area (Å²) in [7, 11) is -4.18. The minimum atomic E-state index is -4.18. The van der Waals surface area contributed by atoms with Crippen molar-refractivity contribution in [2.24, 2.45) is 11.7 Å². The smallest absolute Gasteiger partial charge is 0.293 e. The fourth-order valence-electron chi connectivity index (χ4n) is 3.23. The van der Waals surface area contributed by atoms with Crippen molar-refractivity contribution in [2.45, 2.75) is 22.6 Å². The van der Waals surface area contributed by atoms with Crippen LogP contribution in [0.2, 0.25) is 0 Å². The molecule has 154 valence electrons. The summed E-state index contributed by atoms with van der Waals surface area (Å²) in [6.45, 7) is 1.78. The molecule has 10 heteroatoms. The van der Waals surface area contributed by atoms with Crippen molar-refractivity contribution >= 4 is 27.1 Å². The third-order valence-corrected chi connectivity index (χ3v) is 6.56. The summed E-state index contributed by atoms with van der Waals surface area (Å²) < 4.78 is 31.4. The van der Waals surface area contributed by atoms with Crippen LogP contribution in [-0.4, -0.2) is 39.0 Å². The summed E-state index contributed by atoms with van der Waals surface area (Å²) in [5.74, 6) is -0.666. The fraction of sp³-hybridized carbons (Fsp3) is 0.316. The summed E-state index contributed by atoms with van der Waals surface area (Å²) in [5.41, 5.74) is 4.96. The molecule has 1 heterocycles. The van der Waals surface area contributed by atoms with Gasteiger partial charge in [-0.2, -0.15) is 0 Å². The van der Waals surface area contributed by atoms with Crippen molar-refractivity contribution in [2.75, 3.05) is 25.1 Å². The van der Waals surface area contributed by atoms with Crippen molar-refractivity contribution in [1.82, 2.24) is 0 Å². The number of hydrogen-bond donors (Lipinski definition) is 2. The van der Waals surface area contributed by atoms with Crippen molar-refractivity contribution < 1.29 is 22.9 Å². The van der Waals surface area contributed by atoms with E-state index >= 15 is 0 Å². The standard InChI is InChI=1S/C19H21N3O6S/c20-19(23)15-5-1-2-6-18(15)29(26,27)14-7-8-16(17(10-14)22(24)25)21-11-13-4-3-9-28-12-13/h1-2,5-8,10,13,21H,3-4,9,11-12H2,(H2,20,23). The lowest BCUT2D eigenvalue weighted by Gasteiger charge is -2.22. The van der Waals surface area contributed by atoms with E-state index in [1.54, 1.807) is 0 Å². The van der Waals surface area contributed by atoms with Crippen molar-refractivity contribution in [3.05, 3.63) is 58.1 Å². The molecule has 1 saturated heterocycles. The third-order valence-electron chi connectivity index (χ3n) is 4.75. The topological polar surface area (TPSA) is 142 Å². The van der Waals surface area contributed by atoms with E-state index < -0.39 is 20.7 Å².